The third-order valence-electron chi connectivity index (χ3n) is 2.69. The number of carbonyl (C=O) groups is 2. The lowest BCUT2D eigenvalue weighted by Gasteiger charge is -2.06. The molecule has 0 unspecified atom stereocenters. The number of hydrogen-bond donors (Lipinski definition) is 2. The fraction of sp³-hybridized carbons (Fsp3) is 0.300. The van der Waals surface area contributed by atoms with Crippen molar-refractivity contribution >= 4 is 60.4 Å². The van der Waals surface area contributed by atoms with E-state index in [4.69, 9.17) is 0 Å². The Morgan fingerprint density at radius 1 is 0.654 bits per heavy atom. The third-order valence-corrected chi connectivity index (χ3v) is 2.69. The molecule has 0 spiro atoms. The summed E-state index contributed by atoms with van der Waals surface area (Å²) in [5.74, 6) is -0.334. The van der Waals surface area contributed by atoms with Gasteiger partial charge >= 0.3 is 0 Å². The SMILES string of the molecule is CC.CC.II.O=C(CCC(=O)Nc1ccccc1)Nc1ccccc1. The highest BCUT2D eigenvalue weighted by atomic mass is 128. The zero-order valence-corrected chi connectivity index (χ0v) is 20.1. The van der Waals surface area contributed by atoms with Crippen LogP contribution in [0, 0.1) is 0 Å². The second-order valence-electron chi connectivity index (χ2n) is 4.33. The van der Waals surface area contributed by atoms with Crippen LogP contribution >= 0.6 is 37.2 Å². The van der Waals surface area contributed by atoms with Crippen LogP contribution < -0.4 is 10.6 Å². The van der Waals surface area contributed by atoms with Crippen LogP contribution in [0.4, 0.5) is 11.4 Å². The zero-order valence-electron chi connectivity index (χ0n) is 15.8. The Hall–Kier alpha value is -1.16. The summed E-state index contributed by atoms with van der Waals surface area (Å²) >= 11 is 4.24. The highest BCUT2D eigenvalue weighted by Gasteiger charge is 2.07. The summed E-state index contributed by atoms with van der Waals surface area (Å²) in [4.78, 5) is 23.4. The molecule has 0 heterocycles. The van der Waals surface area contributed by atoms with Gasteiger partial charge in [-0.1, -0.05) is 64.1 Å². The van der Waals surface area contributed by atoms with E-state index in [0.29, 0.717) is 0 Å². The minimum atomic E-state index is -0.167. The smallest absolute Gasteiger partial charge is 0.224 e. The molecule has 2 rings (SSSR count). The van der Waals surface area contributed by atoms with Crippen molar-refractivity contribution in [2.45, 2.75) is 40.5 Å². The monoisotopic (exact) mass is 582 g/mol. The summed E-state index contributed by atoms with van der Waals surface area (Å²) in [6.07, 6.45) is 0.321. The van der Waals surface area contributed by atoms with Gasteiger partial charge in [-0.15, -0.1) is 0 Å². The van der Waals surface area contributed by atoms with Crippen molar-refractivity contribution in [3.05, 3.63) is 60.7 Å². The minimum Gasteiger partial charge on any atom is -0.326 e. The van der Waals surface area contributed by atoms with E-state index in [-0.39, 0.29) is 24.7 Å². The molecule has 0 bridgehead atoms. The predicted molar refractivity (Wildman–Crippen MR) is 130 cm³/mol. The number of rotatable bonds is 5. The molecule has 0 aliphatic heterocycles. The molecule has 0 radical (unpaired) electrons. The number of benzene rings is 2. The maximum atomic E-state index is 11.7. The lowest BCUT2D eigenvalue weighted by molar-refractivity contribution is -0.121. The number of hydrogen-bond acceptors (Lipinski definition) is 2. The van der Waals surface area contributed by atoms with Gasteiger partial charge in [-0.3, -0.25) is 9.59 Å². The van der Waals surface area contributed by atoms with Gasteiger partial charge in [0.2, 0.25) is 11.8 Å². The highest BCUT2D eigenvalue weighted by Crippen LogP contribution is 2.08. The molecule has 0 saturated heterocycles. The van der Waals surface area contributed by atoms with E-state index in [9.17, 15) is 9.59 Å². The lowest BCUT2D eigenvalue weighted by Crippen LogP contribution is -2.17. The third kappa shape index (κ3) is 14.1. The average Bonchev–Trinajstić information content (AvgIpc) is 2.72. The summed E-state index contributed by atoms with van der Waals surface area (Å²) in [6.45, 7) is 8.00. The summed E-state index contributed by atoms with van der Waals surface area (Å²) < 4.78 is 0. The molecule has 2 N–H and O–H groups in total. The highest BCUT2D eigenvalue weighted by molar-refractivity contribution is 15.0. The molecule has 4 nitrogen and oxygen atoms in total. The molecule has 0 aromatic heterocycles. The lowest BCUT2D eigenvalue weighted by atomic mass is 10.2. The second kappa shape index (κ2) is 20.2. The first-order valence-electron chi connectivity index (χ1n) is 8.58. The van der Waals surface area contributed by atoms with Crippen LogP contribution in [0.5, 0.6) is 0 Å². The van der Waals surface area contributed by atoms with Crippen LogP contribution in [-0.4, -0.2) is 11.8 Å². The second-order valence-corrected chi connectivity index (χ2v) is 4.33. The van der Waals surface area contributed by atoms with Crippen LogP contribution in [0.3, 0.4) is 0 Å². The summed E-state index contributed by atoms with van der Waals surface area (Å²) in [6, 6.07) is 18.4. The predicted octanol–water partition coefficient (Wildman–Crippen LogP) is 6.87. The van der Waals surface area contributed by atoms with Crippen LogP contribution in [0.25, 0.3) is 0 Å². The molecular weight excluding hydrogens is 554 g/mol. The fourth-order valence-corrected chi connectivity index (χ4v) is 1.72. The molecule has 0 fully saturated rings. The summed E-state index contributed by atoms with van der Waals surface area (Å²) in [5.41, 5.74) is 1.47. The van der Waals surface area contributed by atoms with Gasteiger partial charge in [0.25, 0.3) is 0 Å². The normalized spacial score (nSPS) is 8.23. The van der Waals surface area contributed by atoms with Crippen LogP contribution in [0.2, 0.25) is 0 Å². The molecule has 144 valence electrons. The van der Waals surface area contributed by atoms with Crippen molar-refractivity contribution in [2.24, 2.45) is 0 Å². The summed E-state index contributed by atoms with van der Waals surface area (Å²) in [7, 11) is 0. The molecule has 26 heavy (non-hydrogen) atoms. The van der Waals surface area contributed by atoms with Gasteiger partial charge in [0.15, 0.2) is 0 Å². The van der Waals surface area contributed by atoms with Crippen molar-refractivity contribution < 1.29 is 9.59 Å². The van der Waals surface area contributed by atoms with E-state index >= 15 is 0 Å². The minimum absolute atomic E-state index is 0.160. The van der Waals surface area contributed by atoms with Crippen molar-refractivity contribution in [3.8, 4) is 0 Å². The van der Waals surface area contributed by atoms with Crippen molar-refractivity contribution in [3.63, 3.8) is 0 Å². The van der Waals surface area contributed by atoms with Gasteiger partial charge in [-0.25, -0.2) is 0 Å². The van der Waals surface area contributed by atoms with E-state index in [1.165, 1.54) is 0 Å². The maximum absolute atomic E-state index is 11.7. The Balaban J connectivity index is 0. The standard InChI is InChI=1S/C16H16N2O2.2C2H6.I2/c19-15(17-13-7-3-1-4-8-13)11-12-16(20)18-14-9-5-2-6-10-14;3*1-2/h1-10H,11-12H2,(H,17,19)(H,18,20);2*1-2H3;. The Kier molecular flexibility index (Phi) is 21.0. The van der Waals surface area contributed by atoms with Gasteiger partial charge in [0, 0.05) is 61.4 Å². The summed E-state index contributed by atoms with van der Waals surface area (Å²) in [5, 5.41) is 5.48. The van der Waals surface area contributed by atoms with E-state index in [1.54, 1.807) is 0 Å². The quantitative estimate of drug-likeness (QED) is 0.379. The van der Waals surface area contributed by atoms with Crippen LogP contribution in [0.15, 0.2) is 60.7 Å². The number of para-hydroxylation sites is 2. The fourth-order valence-electron chi connectivity index (χ4n) is 1.72. The molecule has 0 aliphatic carbocycles. The Labute approximate surface area is 180 Å². The number of halogens is 2. The molecule has 0 saturated carbocycles. The first-order chi connectivity index (χ1) is 12.7. The van der Waals surface area contributed by atoms with Crippen molar-refractivity contribution in [1.82, 2.24) is 0 Å². The first kappa shape index (κ1) is 27.1. The van der Waals surface area contributed by atoms with Crippen molar-refractivity contribution in [1.29, 1.82) is 0 Å². The van der Waals surface area contributed by atoms with Crippen LogP contribution in [-0.2, 0) is 9.59 Å². The zero-order chi connectivity index (χ0) is 20.2. The molecule has 6 heteroatoms. The Bertz CT molecular complexity index is 525. The molecule has 0 atom stereocenters. The van der Waals surface area contributed by atoms with Gasteiger partial charge in [0.05, 0.1) is 0 Å². The van der Waals surface area contributed by atoms with Crippen LogP contribution in [0.1, 0.15) is 40.5 Å². The first-order valence-corrected chi connectivity index (χ1v) is 14.9. The molecule has 0 aliphatic rings. The van der Waals surface area contributed by atoms with Gasteiger partial charge in [-0.05, 0) is 24.3 Å². The number of amides is 2. The molecular formula is C20H28I2N2O2. The maximum Gasteiger partial charge on any atom is 0.224 e. The average molecular weight is 582 g/mol. The molecule has 2 amide bonds. The topological polar surface area (TPSA) is 58.2 Å². The van der Waals surface area contributed by atoms with E-state index in [0.717, 1.165) is 11.4 Å². The Morgan fingerprint density at radius 2 is 0.923 bits per heavy atom. The van der Waals surface area contributed by atoms with E-state index in [1.807, 2.05) is 88.4 Å². The largest absolute Gasteiger partial charge is 0.326 e. The van der Waals surface area contributed by atoms with E-state index < -0.39 is 0 Å². The number of carbonyl (C=O) groups excluding carboxylic acids is 2. The number of nitrogens with one attached hydrogen (secondary N) is 2. The Morgan fingerprint density at radius 3 is 1.19 bits per heavy atom. The van der Waals surface area contributed by atoms with Gasteiger partial charge in [0.1, 0.15) is 0 Å². The number of anilines is 2. The molecule has 2 aromatic carbocycles. The van der Waals surface area contributed by atoms with E-state index in [2.05, 4.69) is 47.9 Å². The van der Waals surface area contributed by atoms with Gasteiger partial charge in [-0.2, -0.15) is 0 Å². The van der Waals surface area contributed by atoms with Gasteiger partial charge < -0.3 is 10.6 Å². The molecule has 2 aromatic rings. The van der Waals surface area contributed by atoms with Crippen molar-refractivity contribution in [2.75, 3.05) is 10.6 Å².